The maximum atomic E-state index is 13.1. The van der Waals surface area contributed by atoms with Gasteiger partial charge in [0.25, 0.3) is 0 Å². The molecule has 4 aromatic rings. The fraction of sp³-hybridized carbons (Fsp3) is 0.200. The minimum absolute atomic E-state index is 0.299. The van der Waals surface area contributed by atoms with E-state index in [2.05, 4.69) is 5.32 Å². The van der Waals surface area contributed by atoms with E-state index in [-0.39, 0.29) is 0 Å². The summed E-state index contributed by atoms with van der Waals surface area (Å²) in [7, 11) is -3.58. The van der Waals surface area contributed by atoms with Crippen molar-refractivity contribution in [2.24, 2.45) is 0 Å². The fourth-order valence-electron chi connectivity index (χ4n) is 3.68. The highest BCUT2D eigenvalue weighted by molar-refractivity contribution is 7.89. The standard InChI is InChI=1S/C25H26N4O2S/c1-4-29(5-2)32(30,31)23-17-20(16-15-18(23)3)26-25-21-13-9-10-14-22(21)27-24(28-25)19-11-7-6-8-12-19/h6-17H,4-5H2,1-3H3,(H,26,27,28). The van der Waals surface area contributed by atoms with Gasteiger partial charge in [-0.1, -0.05) is 62.4 Å². The molecule has 32 heavy (non-hydrogen) atoms. The van der Waals surface area contributed by atoms with Crippen LogP contribution in [0.5, 0.6) is 0 Å². The van der Waals surface area contributed by atoms with Crippen LogP contribution >= 0.6 is 0 Å². The molecule has 7 heteroatoms. The van der Waals surface area contributed by atoms with Crippen molar-refractivity contribution in [3.63, 3.8) is 0 Å². The van der Waals surface area contributed by atoms with Gasteiger partial charge in [0.05, 0.1) is 10.4 Å². The minimum atomic E-state index is -3.58. The van der Waals surface area contributed by atoms with Crippen LogP contribution in [0.4, 0.5) is 11.5 Å². The van der Waals surface area contributed by atoms with Crippen LogP contribution in [0.2, 0.25) is 0 Å². The molecule has 0 saturated carbocycles. The Morgan fingerprint density at radius 3 is 2.28 bits per heavy atom. The van der Waals surface area contributed by atoms with Gasteiger partial charge in [-0.15, -0.1) is 0 Å². The largest absolute Gasteiger partial charge is 0.340 e. The molecule has 0 saturated heterocycles. The Hall–Kier alpha value is -3.29. The van der Waals surface area contributed by atoms with Gasteiger partial charge >= 0.3 is 0 Å². The average Bonchev–Trinajstić information content (AvgIpc) is 2.81. The third-order valence-electron chi connectivity index (χ3n) is 5.41. The molecular formula is C25H26N4O2S. The molecule has 0 atom stereocenters. The number of fused-ring (bicyclic) bond motifs is 1. The first-order valence-electron chi connectivity index (χ1n) is 10.6. The first-order chi connectivity index (χ1) is 15.4. The Bertz CT molecular complexity index is 1350. The number of rotatable bonds is 7. The van der Waals surface area contributed by atoms with Gasteiger partial charge < -0.3 is 5.32 Å². The lowest BCUT2D eigenvalue weighted by atomic mass is 10.1. The SMILES string of the molecule is CCN(CC)S(=O)(=O)c1cc(Nc2nc(-c3ccccc3)nc3ccccc23)ccc1C. The summed E-state index contributed by atoms with van der Waals surface area (Å²) in [5, 5.41) is 4.20. The molecule has 1 aromatic heterocycles. The van der Waals surface area contributed by atoms with E-state index >= 15 is 0 Å². The topological polar surface area (TPSA) is 75.2 Å². The third kappa shape index (κ3) is 4.22. The first kappa shape index (κ1) is 21.9. The maximum absolute atomic E-state index is 13.1. The highest BCUT2D eigenvalue weighted by atomic mass is 32.2. The van der Waals surface area contributed by atoms with Crippen molar-refractivity contribution in [2.75, 3.05) is 18.4 Å². The van der Waals surface area contributed by atoms with E-state index < -0.39 is 10.0 Å². The molecule has 0 aliphatic rings. The van der Waals surface area contributed by atoms with Crippen LogP contribution in [0.3, 0.4) is 0 Å². The molecule has 0 aliphatic carbocycles. The summed E-state index contributed by atoms with van der Waals surface area (Å²) >= 11 is 0. The summed E-state index contributed by atoms with van der Waals surface area (Å²) in [5.74, 6) is 1.24. The van der Waals surface area contributed by atoms with Crippen molar-refractivity contribution in [1.29, 1.82) is 0 Å². The zero-order chi connectivity index (χ0) is 22.7. The van der Waals surface area contributed by atoms with Crippen molar-refractivity contribution < 1.29 is 8.42 Å². The molecule has 1 N–H and O–H groups in total. The molecule has 0 fully saturated rings. The van der Waals surface area contributed by atoms with Crippen molar-refractivity contribution in [3.8, 4) is 11.4 Å². The molecule has 3 aromatic carbocycles. The molecule has 0 aliphatic heterocycles. The summed E-state index contributed by atoms with van der Waals surface area (Å²) in [6.07, 6.45) is 0. The summed E-state index contributed by atoms with van der Waals surface area (Å²) < 4.78 is 27.8. The Morgan fingerprint density at radius 2 is 1.56 bits per heavy atom. The molecule has 4 rings (SSSR count). The number of aromatic nitrogens is 2. The van der Waals surface area contributed by atoms with Crippen molar-refractivity contribution in [2.45, 2.75) is 25.7 Å². The number of hydrogen-bond acceptors (Lipinski definition) is 5. The summed E-state index contributed by atoms with van der Waals surface area (Å²) in [4.78, 5) is 9.78. The number of para-hydroxylation sites is 1. The van der Waals surface area contributed by atoms with E-state index in [9.17, 15) is 8.42 Å². The van der Waals surface area contributed by atoms with Crippen LogP contribution in [0.1, 0.15) is 19.4 Å². The summed E-state index contributed by atoms with van der Waals surface area (Å²) in [5.41, 5.74) is 3.09. The Balaban J connectivity index is 1.80. The van der Waals surface area contributed by atoms with E-state index in [4.69, 9.17) is 9.97 Å². The molecule has 0 spiro atoms. The van der Waals surface area contributed by atoms with Crippen LogP contribution in [0.15, 0.2) is 77.7 Å². The highest BCUT2D eigenvalue weighted by Crippen LogP contribution is 2.29. The monoisotopic (exact) mass is 446 g/mol. The molecule has 164 valence electrons. The number of hydrogen-bond donors (Lipinski definition) is 1. The van der Waals surface area contributed by atoms with Crippen molar-refractivity contribution in [3.05, 3.63) is 78.4 Å². The predicted molar refractivity (Wildman–Crippen MR) is 130 cm³/mol. The van der Waals surface area contributed by atoms with Gasteiger partial charge in [-0.05, 0) is 36.8 Å². The quantitative estimate of drug-likeness (QED) is 0.413. The number of aryl methyl sites for hydroxylation is 1. The number of nitrogens with zero attached hydrogens (tertiary/aromatic N) is 3. The van der Waals surface area contributed by atoms with Gasteiger partial charge in [0, 0.05) is 29.7 Å². The lowest BCUT2D eigenvalue weighted by Crippen LogP contribution is -2.31. The number of benzene rings is 3. The summed E-state index contributed by atoms with van der Waals surface area (Å²) in [6.45, 7) is 6.35. The average molecular weight is 447 g/mol. The smallest absolute Gasteiger partial charge is 0.243 e. The molecule has 0 bridgehead atoms. The lowest BCUT2D eigenvalue weighted by Gasteiger charge is -2.20. The van der Waals surface area contributed by atoms with Crippen molar-refractivity contribution in [1.82, 2.24) is 14.3 Å². The van der Waals surface area contributed by atoms with E-state index in [1.54, 1.807) is 6.07 Å². The predicted octanol–water partition coefficient (Wildman–Crippen LogP) is 5.38. The lowest BCUT2D eigenvalue weighted by molar-refractivity contribution is 0.445. The number of anilines is 2. The van der Waals surface area contributed by atoms with Crippen LogP contribution < -0.4 is 5.32 Å². The second-order valence-electron chi connectivity index (χ2n) is 7.47. The highest BCUT2D eigenvalue weighted by Gasteiger charge is 2.24. The van der Waals surface area contributed by atoms with Gasteiger partial charge in [0.2, 0.25) is 10.0 Å². The maximum Gasteiger partial charge on any atom is 0.243 e. The Morgan fingerprint density at radius 1 is 0.875 bits per heavy atom. The van der Waals surface area contributed by atoms with Crippen LogP contribution in [0.25, 0.3) is 22.3 Å². The Labute approximate surface area is 189 Å². The molecular weight excluding hydrogens is 420 g/mol. The van der Waals surface area contributed by atoms with E-state index in [1.165, 1.54) is 4.31 Å². The van der Waals surface area contributed by atoms with E-state index in [1.807, 2.05) is 87.5 Å². The van der Waals surface area contributed by atoms with Gasteiger partial charge in [-0.3, -0.25) is 0 Å². The van der Waals surface area contributed by atoms with Gasteiger partial charge in [0.1, 0.15) is 5.82 Å². The van der Waals surface area contributed by atoms with Gasteiger partial charge in [-0.25, -0.2) is 18.4 Å². The number of nitrogens with one attached hydrogen (secondary N) is 1. The minimum Gasteiger partial charge on any atom is -0.340 e. The third-order valence-corrected chi connectivity index (χ3v) is 7.60. The van der Waals surface area contributed by atoms with E-state index in [0.717, 1.165) is 16.5 Å². The first-order valence-corrected chi connectivity index (χ1v) is 12.1. The van der Waals surface area contributed by atoms with E-state index in [0.29, 0.717) is 40.9 Å². The molecule has 0 unspecified atom stereocenters. The second-order valence-corrected chi connectivity index (χ2v) is 9.38. The molecule has 0 amide bonds. The normalized spacial score (nSPS) is 11.8. The van der Waals surface area contributed by atoms with Crippen LogP contribution in [-0.4, -0.2) is 35.8 Å². The fourth-order valence-corrected chi connectivity index (χ4v) is 5.39. The zero-order valence-electron chi connectivity index (χ0n) is 18.4. The summed E-state index contributed by atoms with van der Waals surface area (Å²) in [6, 6.07) is 22.9. The van der Waals surface area contributed by atoms with Crippen LogP contribution in [-0.2, 0) is 10.0 Å². The molecule has 6 nitrogen and oxygen atoms in total. The zero-order valence-corrected chi connectivity index (χ0v) is 19.2. The van der Waals surface area contributed by atoms with Crippen LogP contribution in [0, 0.1) is 6.92 Å². The molecule has 1 heterocycles. The van der Waals surface area contributed by atoms with Gasteiger partial charge in [-0.2, -0.15) is 4.31 Å². The van der Waals surface area contributed by atoms with Gasteiger partial charge in [0.15, 0.2) is 5.82 Å². The number of sulfonamides is 1. The molecule has 0 radical (unpaired) electrons. The van der Waals surface area contributed by atoms with Crippen molar-refractivity contribution >= 4 is 32.4 Å². The Kier molecular flexibility index (Phi) is 6.21. The second kappa shape index (κ2) is 9.06.